The monoisotopic (exact) mass is 299 g/mol. The van der Waals surface area contributed by atoms with Crippen LogP contribution in [0.1, 0.15) is 32.8 Å². The summed E-state index contributed by atoms with van der Waals surface area (Å²) in [5, 5.41) is 7.54. The molecule has 1 rings (SSSR count). The topological polar surface area (TPSA) is 74.7 Å². The standard InChI is InChI=1S/C14H21NO4S/c1-4-11(2)15(10-13-8-6-5-7-9-13)20(18,19)12(3)14(16)17/h5-9,11-12H,4,10H2,1-3H3,(H,16,17). The van der Waals surface area contributed by atoms with Crippen LogP contribution in [0.25, 0.3) is 0 Å². The van der Waals surface area contributed by atoms with E-state index in [2.05, 4.69) is 0 Å². The second-order valence-corrected chi connectivity index (χ2v) is 7.02. The molecule has 1 aromatic carbocycles. The van der Waals surface area contributed by atoms with Crippen LogP contribution < -0.4 is 0 Å². The Bertz CT molecular complexity index is 542. The van der Waals surface area contributed by atoms with E-state index >= 15 is 0 Å². The fourth-order valence-electron chi connectivity index (χ4n) is 1.79. The fourth-order valence-corrected chi connectivity index (χ4v) is 3.43. The van der Waals surface area contributed by atoms with Crippen molar-refractivity contribution in [3.63, 3.8) is 0 Å². The van der Waals surface area contributed by atoms with Crippen LogP contribution in [0.4, 0.5) is 0 Å². The lowest BCUT2D eigenvalue weighted by atomic mass is 10.2. The van der Waals surface area contributed by atoms with Gasteiger partial charge in [-0.15, -0.1) is 0 Å². The lowest BCUT2D eigenvalue weighted by molar-refractivity contribution is -0.136. The van der Waals surface area contributed by atoms with Gasteiger partial charge in [0.25, 0.3) is 0 Å². The Morgan fingerprint density at radius 3 is 2.25 bits per heavy atom. The van der Waals surface area contributed by atoms with Gasteiger partial charge in [0.15, 0.2) is 5.25 Å². The quantitative estimate of drug-likeness (QED) is 0.836. The smallest absolute Gasteiger partial charge is 0.323 e. The van der Waals surface area contributed by atoms with Gasteiger partial charge in [0.05, 0.1) is 0 Å². The maximum atomic E-state index is 12.4. The van der Waals surface area contributed by atoms with Crippen molar-refractivity contribution in [2.45, 2.75) is 45.0 Å². The Kier molecular flexibility index (Phi) is 5.71. The van der Waals surface area contributed by atoms with Crippen LogP contribution in [0.5, 0.6) is 0 Å². The van der Waals surface area contributed by atoms with Gasteiger partial charge in [-0.1, -0.05) is 37.3 Å². The maximum absolute atomic E-state index is 12.4. The molecular weight excluding hydrogens is 278 g/mol. The Labute approximate surface area is 120 Å². The van der Waals surface area contributed by atoms with E-state index in [1.165, 1.54) is 11.2 Å². The first-order valence-electron chi connectivity index (χ1n) is 6.58. The number of rotatable bonds is 7. The summed E-state index contributed by atoms with van der Waals surface area (Å²) in [6.45, 7) is 5.06. The van der Waals surface area contributed by atoms with Gasteiger partial charge in [0.2, 0.25) is 10.0 Å². The second kappa shape index (κ2) is 6.85. The number of nitrogens with zero attached hydrogens (tertiary/aromatic N) is 1. The van der Waals surface area contributed by atoms with E-state index in [4.69, 9.17) is 5.11 Å². The van der Waals surface area contributed by atoms with E-state index in [-0.39, 0.29) is 12.6 Å². The number of sulfonamides is 1. The van der Waals surface area contributed by atoms with Gasteiger partial charge < -0.3 is 5.11 Å². The van der Waals surface area contributed by atoms with Crippen LogP contribution in [0.2, 0.25) is 0 Å². The summed E-state index contributed by atoms with van der Waals surface area (Å²) >= 11 is 0. The number of aliphatic carboxylic acids is 1. The molecule has 0 radical (unpaired) electrons. The highest BCUT2D eigenvalue weighted by Crippen LogP contribution is 2.19. The third-order valence-corrected chi connectivity index (χ3v) is 5.62. The van der Waals surface area contributed by atoms with Gasteiger partial charge in [0, 0.05) is 12.6 Å². The SMILES string of the molecule is CCC(C)N(Cc1ccccc1)S(=O)(=O)C(C)C(=O)O. The molecule has 1 aromatic rings. The maximum Gasteiger partial charge on any atom is 0.323 e. The average Bonchev–Trinajstić information content (AvgIpc) is 2.43. The van der Waals surface area contributed by atoms with E-state index in [9.17, 15) is 13.2 Å². The van der Waals surface area contributed by atoms with Crippen molar-refractivity contribution in [2.24, 2.45) is 0 Å². The summed E-state index contributed by atoms with van der Waals surface area (Å²) in [5.41, 5.74) is 0.842. The molecule has 0 fully saturated rings. The molecule has 112 valence electrons. The highest BCUT2D eigenvalue weighted by molar-refractivity contribution is 7.90. The van der Waals surface area contributed by atoms with E-state index < -0.39 is 21.2 Å². The Hall–Kier alpha value is -1.40. The summed E-state index contributed by atoms with van der Waals surface area (Å²) in [4.78, 5) is 11.0. The van der Waals surface area contributed by atoms with Crippen molar-refractivity contribution in [2.75, 3.05) is 0 Å². The summed E-state index contributed by atoms with van der Waals surface area (Å²) in [7, 11) is -3.88. The minimum absolute atomic E-state index is 0.190. The van der Waals surface area contributed by atoms with Crippen LogP contribution in [-0.2, 0) is 21.4 Å². The second-order valence-electron chi connectivity index (χ2n) is 4.81. The number of carbonyl (C=O) groups is 1. The molecule has 0 saturated carbocycles. The first-order chi connectivity index (χ1) is 9.30. The minimum atomic E-state index is -3.88. The number of benzene rings is 1. The molecule has 0 heterocycles. The highest BCUT2D eigenvalue weighted by Gasteiger charge is 2.36. The predicted octanol–water partition coefficient (Wildman–Crippen LogP) is 2.09. The molecule has 5 nitrogen and oxygen atoms in total. The van der Waals surface area contributed by atoms with Crippen LogP contribution in [0, 0.1) is 0 Å². The van der Waals surface area contributed by atoms with Gasteiger partial charge in [-0.05, 0) is 25.8 Å². The number of carboxylic acids is 1. The normalized spacial score (nSPS) is 15.0. The van der Waals surface area contributed by atoms with Crippen molar-refractivity contribution in [3.8, 4) is 0 Å². The summed E-state index contributed by atoms with van der Waals surface area (Å²) in [5.74, 6) is -1.33. The van der Waals surface area contributed by atoms with Gasteiger partial charge in [-0.2, -0.15) is 4.31 Å². The zero-order chi connectivity index (χ0) is 15.3. The molecule has 0 saturated heterocycles. The molecule has 2 unspecified atom stereocenters. The van der Waals surface area contributed by atoms with E-state index in [0.29, 0.717) is 6.42 Å². The van der Waals surface area contributed by atoms with Crippen LogP contribution >= 0.6 is 0 Å². The van der Waals surface area contributed by atoms with Crippen molar-refractivity contribution in [1.82, 2.24) is 4.31 Å². The minimum Gasteiger partial charge on any atom is -0.480 e. The third-order valence-electron chi connectivity index (χ3n) is 3.39. The molecule has 0 aromatic heterocycles. The molecule has 2 atom stereocenters. The molecule has 0 amide bonds. The van der Waals surface area contributed by atoms with Gasteiger partial charge in [0.1, 0.15) is 0 Å². The van der Waals surface area contributed by atoms with Crippen molar-refractivity contribution in [3.05, 3.63) is 35.9 Å². The molecule has 6 heteroatoms. The molecule has 0 bridgehead atoms. The Balaban J connectivity index is 3.10. The Morgan fingerprint density at radius 1 is 1.25 bits per heavy atom. The first-order valence-corrected chi connectivity index (χ1v) is 8.08. The Morgan fingerprint density at radius 2 is 1.80 bits per heavy atom. The lowest BCUT2D eigenvalue weighted by Crippen LogP contribution is -2.45. The van der Waals surface area contributed by atoms with Crippen molar-refractivity contribution < 1.29 is 18.3 Å². The largest absolute Gasteiger partial charge is 0.480 e. The number of hydrogen-bond donors (Lipinski definition) is 1. The van der Waals surface area contributed by atoms with Crippen LogP contribution in [0.15, 0.2) is 30.3 Å². The van der Waals surface area contributed by atoms with Crippen molar-refractivity contribution >= 4 is 16.0 Å². The molecule has 0 spiro atoms. The van der Waals surface area contributed by atoms with Gasteiger partial charge in [-0.3, -0.25) is 4.79 Å². The summed E-state index contributed by atoms with van der Waals surface area (Å²) < 4.78 is 26.1. The third kappa shape index (κ3) is 3.80. The van der Waals surface area contributed by atoms with E-state index in [0.717, 1.165) is 5.56 Å². The summed E-state index contributed by atoms with van der Waals surface area (Å²) in [6, 6.07) is 8.93. The summed E-state index contributed by atoms with van der Waals surface area (Å²) in [6.07, 6.45) is 0.623. The zero-order valence-electron chi connectivity index (χ0n) is 12.0. The molecular formula is C14H21NO4S. The molecule has 0 aliphatic carbocycles. The number of carboxylic acid groups (broad SMARTS) is 1. The highest BCUT2D eigenvalue weighted by atomic mass is 32.2. The zero-order valence-corrected chi connectivity index (χ0v) is 12.8. The molecule has 0 aliphatic rings. The van der Waals surface area contributed by atoms with Crippen molar-refractivity contribution in [1.29, 1.82) is 0 Å². The fraction of sp³-hybridized carbons (Fsp3) is 0.500. The predicted molar refractivity (Wildman–Crippen MR) is 77.8 cm³/mol. The molecule has 1 N–H and O–H groups in total. The van der Waals surface area contributed by atoms with Gasteiger partial charge in [-0.25, -0.2) is 8.42 Å². The van der Waals surface area contributed by atoms with Crippen LogP contribution in [-0.4, -0.2) is 35.1 Å². The van der Waals surface area contributed by atoms with Crippen LogP contribution in [0.3, 0.4) is 0 Å². The number of hydrogen-bond acceptors (Lipinski definition) is 3. The molecule has 20 heavy (non-hydrogen) atoms. The van der Waals surface area contributed by atoms with E-state index in [1.54, 1.807) is 6.92 Å². The lowest BCUT2D eigenvalue weighted by Gasteiger charge is -2.29. The van der Waals surface area contributed by atoms with E-state index in [1.807, 2.05) is 37.3 Å². The average molecular weight is 299 g/mol. The molecule has 0 aliphatic heterocycles. The first kappa shape index (κ1) is 16.7. The van der Waals surface area contributed by atoms with Gasteiger partial charge >= 0.3 is 5.97 Å².